The SMILES string of the molecule is CCNCC1CCN(C(=O)c2cc(C)n(C(C)c3ccccc3)c2C)CC1.Cl. The summed E-state index contributed by atoms with van der Waals surface area (Å²) in [5, 5.41) is 3.43. The highest BCUT2D eigenvalue weighted by Gasteiger charge is 2.27. The summed E-state index contributed by atoms with van der Waals surface area (Å²) >= 11 is 0. The predicted molar refractivity (Wildman–Crippen MR) is 119 cm³/mol. The molecule has 1 aliphatic heterocycles. The minimum absolute atomic E-state index is 0. The van der Waals surface area contributed by atoms with E-state index < -0.39 is 0 Å². The van der Waals surface area contributed by atoms with E-state index in [0.717, 1.165) is 56.0 Å². The molecular weight excluding hydrogens is 370 g/mol. The lowest BCUT2D eigenvalue weighted by molar-refractivity contribution is 0.0689. The molecule has 5 heteroatoms. The van der Waals surface area contributed by atoms with Gasteiger partial charge in [-0.1, -0.05) is 37.3 Å². The van der Waals surface area contributed by atoms with Gasteiger partial charge in [0, 0.05) is 24.5 Å². The van der Waals surface area contributed by atoms with Gasteiger partial charge in [0.1, 0.15) is 0 Å². The van der Waals surface area contributed by atoms with Crippen LogP contribution in [0, 0.1) is 19.8 Å². The summed E-state index contributed by atoms with van der Waals surface area (Å²) in [5.74, 6) is 0.885. The Morgan fingerprint density at radius 3 is 2.43 bits per heavy atom. The van der Waals surface area contributed by atoms with Crippen LogP contribution >= 0.6 is 12.4 Å². The Bertz CT molecular complexity index is 764. The molecule has 1 saturated heterocycles. The van der Waals surface area contributed by atoms with Gasteiger partial charge < -0.3 is 14.8 Å². The minimum atomic E-state index is 0. The van der Waals surface area contributed by atoms with E-state index in [-0.39, 0.29) is 24.4 Å². The highest BCUT2D eigenvalue weighted by Crippen LogP contribution is 2.27. The molecule has 0 saturated carbocycles. The number of halogens is 1. The van der Waals surface area contributed by atoms with Crippen molar-refractivity contribution >= 4 is 18.3 Å². The van der Waals surface area contributed by atoms with E-state index in [9.17, 15) is 4.79 Å². The van der Waals surface area contributed by atoms with Gasteiger partial charge in [0.2, 0.25) is 0 Å². The van der Waals surface area contributed by atoms with Crippen LogP contribution in [-0.2, 0) is 0 Å². The van der Waals surface area contributed by atoms with E-state index in [1.807, 2.05) is 11.0 Å². The number of rotatable bonds is 6. The van der Waals surface area contributed by atoms with Gasteiger partial charge >= 0.3 is 0 Å². The smallest absolute Gasteiger partial charge is 0.255 e. The summed E-state index contributed by atoms with van der Waals surface area (Å²) in [7, 11) is 0. The molecule has 3 rings (SSSR count). The van der Waals surface area contributed by atoms with Crippen molar-refractivity contribution in [2.45, 2.75) is 46.6 Å². The van der Waals surface area contributed by atoms with Crippen LogP contribution in [0.3, 0.4) is 0 Å². The molecule has 28 heavy (non-hydrogen) atoms. The number of hydrogen-bond acceptors (Lipinski definition) is 2. The first-order valence-corrected chi connectivity index (χ1v) is 10.3. The zero-order valence-electron chi connectivity index (χ0n) is 17.6. The lowest BCUT2D eigenvalue weighted by atomic mass is 9.96. The quantitative estimate of drug-likeness (QED) is 0.765. The molecule has 2 aromatic rings. The average molecular weight is 404 g/mol. The number of aromatic nitrogens is 1. The van der Waals surface area contributed by atoms with E-state index >= 15 is 0 Å². The average Bonchev–Trinajstić information content (AvgIpc) is 3.00. The molecule has 0 bridgehead atoms. The Hall–Kier alpha value is -1.78. The molecule has 0 spiro atoms. The molecular formula is C23H34ClN3O. The number of aryl methyl sites for hydroxylation is 1. The highest BCUT2D eigenvalue weighted by molar-refractivity contribution is 5.95. The van der Waals surface area contributed by atoms with Gasteiger partial charge in [-0.3, -0.25) is 4.79 Å². The van der Waals surface area contributed by atoms with Crippen molar-refractivity contribution in [2.75, 3.05) is 26.2 Å². The molecule has 1 unspecified atom stereocenters. The Morgan fingerprint density at radius 1 is 1.18 bits per heavy atom. The van der Waals surface area contributed by atoms with Crippen molar-refractivity contribution in [3.05, 3.63) is 58.9 Å². The summed E-state index contributed by atoms with van der Waals surface area (Å²) in [4.78, 5) is 15.2. The van der Waals surface area contributed by atoms with Crippen LogP contribution in [0.5, 0.6) is 0 Å². The van der Waals surface area contributed by atoms with Crippen LogP contribution in [0.2, 0.25) is 0 Å². The number of piperidine rings is 1. The number of likely N-dealkylation sites (tertiary alicyclic amines) is 1. The monoisotopic (exact) mass is 403 g/mol. The number of carbonyl (C=O) groups is 1. The number of benzene rings is 1. The highest BCUT2D eigenvalue weighted by atomic mass is 35.5. The van der Waals surface area contributed by atoms with Gasteiger partial charge in [-0.15, -0.1) is 12.4 Å². The zero-order chi connectivity index (χ0) is 19.4. The predicted octanol–water partition coefficient (Wildman–Crippen LogP) is 4.60. The standard InChI is InChI=1S/C23H33N3O.ClH/c1-5-24-16-20-11-13-25(14-12-20)23(27)22-15-17(2)26(19(22)4)18(3)21-9-7-6-8-10-21;/h6-10,15,18,20,24H,5,11-14,16H2,1-4H3;1H. The van der Waals surface area contributed by atoms with Crippen LogP contribution in [0.1, 0.15) is 60.0 Å². The van der Waals surface area contributed by atoms with E-state index in [1.165, 1.54) is 5.56 Å². The van der Waals surface area contributed by atoms with Gasteiger partial charge in [-0.25, -0.2) is 0 Å². The number of carbonyl (C=O) groups excluding carboxylic acids is 1. The van der Waals surface area contributed by atoms with E-state index in [0.29, 0.717) is 5.92 Å². The van der Waals surface area contributed by atoms with Crippen molar-refractivity contribution in [3.8, 4) is 0 Å². The van der Waals surface area contributed by atoms with Gasteiger partial charge in [-0.2, -0.15) is 0 Å². The van der Waals surface area contributed by atoms with Crippen LogP contribution in [-0.4, -0.2) is 41.6 Å². The van der Waals surface area contributed by atoms with Crippen molar-refractivity contribution in [1.82, 2.24) is 14.8 Å². The molecule has 2 heterocycles. The summed E-state index contributed by atoms with van der Waals surface area (Å²) in [5.41, 5.74) is 4.35. The molecule has 1 fully saturated rings. The third kappa shape index (κ3) is 4.79. The molecule has 1 amide bonds. The van der Waals surface area contributed by atoms with Crippen molar-refractivity contribution in [1.29, 1.82) is 0 Å². The van der Waals surface area contributed by atoms with Crippen LogP contribution in [0.15, 0.2) is 36.4 Å². The Labute approximate surface area is 175 Å². The number of nitrogens with zero attached hydrogens (tertiary/aromatic N) is 2. The number of amides is 1. The molecule has 1 N–H and O–H groups in total. The molecule has 0 aliphatic carbocycles. The van der Waals surface area contributed by atoms with Gasteiger partial charge in [0.25, 0.3) is 5.91 Å². The number of hydrogen-bond donors (Lipinski definition) is 1. The third-order valence-electron chi connectivity index (χ3n) is 5.97. The van der Waals surface area contributed by atoms with Crippen LogP contribution in [0.4, 0.5) is 0 Å². The summed E-state index contributed by atoms with van der Waals surface area (Å²) < 4.78 is 2.29. The van der Waals surface area contributed by atoms with E-state index in [1.54, 1.807) is 0 Å². The molecule has 154 valence electrons. The Morgan fingerprint density at radius 2 is 1.82 bits per heavy atom. The first-order chi connectivity index (χ1) is 13.0. The Balaban J connectivity index is 0.00000280. The topological polar surface area (TPSA) is 37.3 Å². The molecule has 4 nitrogen and oxygen atoms in total. The third-order valence-corrected chi connectivity index (χ3v) is 5.97. The fourth-order valence-electron chi connectivity index (χ4n) is 4.33. The van der Waals surface area contributed by atoms with E-state index in [4.69, 9.17) is 0 Å². The maximum atomic E-state index is 13.2. The first kappa shape index (κ1) is 22.5. The molecule has 1 atom stereocenters. The van der Waals surface area contributed by atoms with E-state index in [2.05, 4.69) is 67.9 Å². The fraction of sp³-hybridized carbons (Fsp3) is 0.522. The second-order valence-electron chi connectivity index (χ2n) is 7.78. The Kier molecular flexibility index (Phi) is 8.14. The molecule has 1 aromatic carbocycles. The normalized spacial score (nSPS) is 15.9. The maximum absolute atomic E-state index is 13.2. The van der Waals surface area contributed by atoms with Gasteiger partial charge in [0.15, 0.2) is 0 Å². The second-order valence-corrected chi connectivity index (χ2v) is 7.78. The first-order valence-electron chi connectivity index (χ1n) is 10.3. The van der Waals surface area contributed by atoms with Crippen LogP contribution in [0.25, 0.3) is 0 Å². The fourth-order valence-corrected chi connectivity index (χ4v) is 4.33. The largest absolute Gasteiger partial charge is 0.341 e. The summed E-state index contributed by atoms with van der Waals surface area (Å²) in [6.45, 7) is 12.4. The zero-order valence-corrected chi connectivity index (χ0v) is 18.4. The lowest BCUT2D eigenvalue weighted by Gasteiger charge is -2.32. The van der Waals surface area contributed by atoms with Crippen molar-refractivity contribution in [2.24, 2.45) is 5.92 Å². The second kappa shape index (κ2) is 10.1. The van der Waals surface area contributed by atoms with Crippen molar-refractivity contribution < 1.29 is 4.79 Å². The van der Waals surface area contributed by atoms with Gasteiger partial charge in [-0.05, 0) is 64.3 Å². The molecule has 1 aliphatic rings. The summed E-state index contributed by atoms with van der Waals surface area (Å²) in [6.07, 6.45) is 2.19. The minimum Gasteiger partial charge on any atom is -0.341 e. The lowest BCUT2D eigenvalue weighted by Crippen LogP contribution is -2.40. The van der Waals surface area contributed by atoms with Gasteiger partial charge in [0.05, 0.1) is 11.6 Å². The maximum Gasteiger partial charge on any atom is 0.255 e. The molecule has 1 aromatic heterocycles. The number of nitrogens with one attached hydrogen (secondary N) is 1. The summed E-state index contributed by atoms with van der Waals surface area (Å²) in [6, 6.07) is 12.8. The molecule has 0 radical (unpaired) electrons. The van der Waals surface area contributed by atoms with Crippen LogP contribution < -0.4 is 5.32 Å². The van der Waals surface area contributed by atoms with Crippen molar-refractivity contribution in [3.63, 3.8) is 0 Å².